The minimum atomic E-state index is 0.316. The van der Waals surface area contributed by atoms with Gasteiger partial charge < -0.3 is 15.4 Å². The highest BCUT2D eigenvalue weighted by atomic mass is 16.5. The van der Waals surface area contributed by atoms with Crippen molar-refractivity contribution in [3.63, 3.8) is 0 Å². The number of hydrogen-bond acceptors (Lipinski definition) is 2. The van der Waals surface area contributed by atoms with Gasteiger partial charge in [0.15, 0.2) is 5.96 Å². The summed E-state index contributed by atoms with van der Waals surface area (Å²) in [6.45, 7) is 2.45. The molecule has 0 amide bonds. The van der Waals surface area contributed by atoms with E-state index in [9.17, 15) is 0 Å². The third-order valence-electron chi connectivity index (χ3n) is 4.07. The highest BCUT2D eigenvalue weighted by Crippen LogP contribution is 2.18. The molecule has 2 N–H and O–H groups in total. The van der Waals surface area contributed by atoms with Crippen LogP contribution in [0.2, 0.25) is 0 Å². The Morgan fingerprint density at radius 3 is 2.86 bits per heavy atom. The second-order valence-corrected chi connectivity index (χ2v) is 5.58. The van der Waals surface area contributed by atoms with Gasteiger partial charge in [-0.3, -0.25) is 4.99 Å². The quantitative estimate of drug-likeness (QED) is 0.674. The maximum Gasteiger partial charge on any atom is 0.191 e. The molecule has 1 heterocycles. The molecule has 3 rings (SSSR count). The van der Waals surface area contributed by atoms with Crippen molar-refractivity contribution in [2.75, 3.05) is 20.2 Å². The molecule has 1 aliphatic rings. The van der Waals surface area contributed by atoms with E-state index in [1.165, 1.54) is 16.3 Å². The zero-order valence-corrected chi connectivity index (χ0v) is 13.0. The van der Waals surface area contributed by atoms with E-state index in [-0.39, 0.29) is 0 Å². The maximum absolute atomic E-state index is 5.62. The Labute approximate surface area is 131 Å². The second kappa shape index (κ2) is 7.27. The van der Waals surface area contributed by atoms with Crippen LogP contribution in [0.4, 0.5) is 0 Å². The van der Waals surface area contributed by atoms with Gasteiger partial charge in [-0.2, -0.15) is 0 Å². The lowest BCUT2D eigenvalue weighted by Crippen LogP contribution is -2.40. The Morgan fingerprint density at radius 1 is 1.18 bits per heavy atom. The Morgan fingerprint density at radius 2 is 2.05 bits per heavy atom. The third kappa shape index (κ3) is 3.57. The van der Waals surface area contributed by atoms with Crippen LogP contribution < -0.4 is 10.6 Å². The Kier molecular flexibility index (Phi) is 4.91. The monoisotopic (exact) mass is 297 g/mol. The van der Waals surface area contributed by atoms with Crippen LogP contribution in [0.1, 0.15) is 18.4 Å². The van der Waals surface area contributed by atoms with E-state index >= 15 is 0 Å². The van der Waals surface area contributed by atoms with Crippen LogP contribution >= 0.6 is 0 Å². The molecule has 0 spiro atoms. The number of nitrogens with one attached hydrogen (secondary N) is 2. The van der Waals surface area contributed by atoms with Gasteiger partial charge in [-0.15, -0.1) is 0 Å². The summed E-state index contributed by atoms with van der Waals surface area (Å²) < 4.78 is 5.62. The lowest BCUT2D eigenvalue weighted by Gasteiger charge is -2.15. The average Bonchev–Trinajstić information content (AvgIpc) is 3.08. The summed E-state index contributed by atoms with van der Waals surface area (Å²) in [6.07, 6.45) is 2.61. The van der Waals surface area contributed by atoms with Gasteiger partial charge in [-0.05, 0) is 29.2 Å². The summed E-state index contributed by atoms with van der Waals surface area (Å²) in [6, 6.07) is 14.9. The summed E-state index contributed by atoms with van der Waals surface area (Å²) in [5.74, 6) is 0.823. The standard InChI is InChI=1S/C18H23N3O/c1-19-18(21-13-16-9-5-11-22-16)20-12-15-8-4-7-14-6-2-3-10-17(14)15/h2-4,6-8,10,16H,5,9,11-13H2,1H3,(H2,19,20,21). The topological polar surface area (TPSA) is 45.7 Å². The molecule has 116 valence electrons. The molecule has 1 aliphatic heterocycles. The summed E-state index contributed by atoms with van der Waals surface area (Å²) >= 11 is 0. The van der Waals surface area contributed by atoms with E-state index < -0.39 is 0 Å². The molecule has 0 aromatic heterocycles. The molecule has 4 heteroatoms. The molecule has 22 heavy (non-hydrogen) atoms. The molecule has 4 nitrogen and oxygen atoms in total. The van der Waals surface area contributed by atoms with Crippen molar-refractivity contribution in [3.05, 3.63) is 48.0 Å². The minimum Gasteiger partial charge on any atom is -0.376 e. The molecule has 0 saturated carbocycles. The Balaban J connectivity index is 1.59. The van der Waals surface area contributed by atoms with Gasteiger partial charge in [0, 0.05) is 26.7 Å². The predicted molar refractivity (Wildman–Crippen MR) is 91.1 cm³/mol. The van der Waals surface area contributed by atoms with E-state index in [1.54, 1.807) is 7.05 Å². The van der Waals surface area contributed by atoms with Crippen molar-refractivity contribution in [1.82, 2.24) is 10.6 Å². The summed E-state index contributed by atoms with van der Waals surface area (Å²) in [7, 11) is 1.80. The minimum absolute atomic E-state index is 0.316. The summed E-state index contributed by atoms with van der Waals surface area (Å²) in [5.41, 5.74) is 1.28. The highest BCUT2D eigenvalue weighted by Gasteiger charge is 2.15. The second-order valence-electron chi connectivity index (χ2n) is 5.58. The lowest BCUT2D eigenvalue weighted by atomic mass is 10.0. The van der Waals surface area contributed by atoms with Crippen molar-refractivity contribution in [2.45, 2.75) is 25.5 Å². The van der Waals surface area contributed by atoms with E-state index in [1.807, 2.05) is 0 Å². The van der Waals surface area contributed by atoms with Crippen LogP contribution in [-0.2, 0) is 11.3 Å². The summed E-state index contributed by atoms with van der Waals surface area (Å²) in [5, 5.41) is 9.28. The van der Waals surface area contributed by atoms with Gasteiger partial charge in [-0.1, -0.05) is 42.5 Å². The first-order chi connectivity index (χ1) is 10.9. The van der Waals surface area contributed by atoms with Gasteiger partial charge in [0.2, 0.25) is 0 Å². The van der Waals surface area contributed by atoms with E-state index in [0.717, 1.165) is 38.5 Å². The number of benzene rings is 2. The fourth-order valence-electron chi connectivity index (χ4n) is 2.86. The normalized spacial score (nSPS) is 18.6. The fourth-order valence-corrected chi connectivity index (χ4v) is 2.86. The van der Waals surface area contributed by atoms with E-state index in [4.69, 9.17) is 4.74 Å². The zero-order chi connectivity index (χ0) is 15.2. The number of aliphatic imine (C=N–C) groups is 1. The fraction of sp³-hybridized carbons (Fsp3) is 0.389. The third-order valence-corrected chi connectivity index (χ3v) is 4.07. The number of fused-ring (bicyclic) bond motifs is 1. The van der Waals surface area contributed by atoms with E-state index in [0.29, 0.717) is 6.10 Å². The van der Waals surface area contributed by atoms with Crippen LogP contribution in [0.3, 0.4) is 0 Å². The number of nitrogens with zero attached hydrogens (tertiary/aromatic N) is 1. The average molecular weight is 297 g/mol. The van der Waals surface area contributed by atoms with Crippen molar-refractivity contribution < 1.29 is 4.74 Å². The molecule has 2 aromatic rings. The van der Waals surface area contributed by atoms with Gasteiger partial charge in [0.05, 0.1) is 6.10 Å². The number of ether oxygens (including phenoxy) is 1. The van der Waals surface area contributed by atoms with Gasteiger partial charge in [-0.25, -0.2) is 0 Å². The first-order valence-corrected chi connectivity index (χ1v) is 7.89. The van der Waals surface area contributed by atoms with E-state index in [2.05, 4.69) is 58.1 Å². The molecule has 0 bridgehead atoms. The molecule has 0 radical (unpaired) electrons. The largest absolute Gasteiger partial charge is 0.376 e. The van der Waals surface area contributed by atoms with Gasteiger partial charge >= 0.3 is 0 Å². The summed E-state index contributed by atoms with van der Waals surface area (Å²) in [4.78, 5) is 4.28. The molecular weight excluding hydrogens is 274 g/mol. The molecule has 1 fully saturated rings. The molecule has 1 unspecified atom stereocenters. The van der Waals surface area contributed by atoms with Crippen LogP contribution in [-0.4, -0.2) is 32.3 Å². The number of rotatable bonds is 4. The van der Waals surface area contributed by atoms with Crippen molar-refractivity contribution in [1.29, 1.82) is 0 Å². The lowest BCUT2D eigenvalue weighted by molar-refractivity contribution is 0.114. The smallest absolute Gasteiger partial charge is 0.191 e. The molecule has 2 aromatic carbocycles. The van der Waals surface area contributed by atoms with Gasteiger partial charge in [0.1, 0.15) is 0 Å². The molecule has 1 saturated heterocycles. The van der Waals surface area contributed by atoms with Crippen LogP contribution in [0, 0.1) is 0 Å². The van der Waals surface area contributed by atoms with Crippen molar-refractivity contribution in [3.8, 4) is 0 Å². The first kappa shape index (κ1) is 14.9. The van der Waals surface area contributed by atoms with Crippen LogP contribution in [0.15, 0.2) is 47.5 Å². The predicted octanol–water partition coefficient (Wildman–Crippen LogP) is 2.68. The van der Waals surface area contributed by atoms with Crippen molar-refractivity contribution in [2.24, 2.45) is 4.99 Å². The molecule has 1 atom stereocenters. The Bertz CT molecular complexity index is 642. The Hall–Kier alpha value is -2.07. The van der Waals surface area contributed by atoms with Crippen LogP contribution in [0.5, 0.6) is 0 Å². The highest BCUT2D eigenvalue weighted by molar-refractivity contribution is 5.86. The van der Waals surface area contributed by atoms with Crippen molar-refractivity contribution >= 4 is 16.7 Å². The maximum atomic E-state index is 5.62. The molecule has 0 aliphatic carbocycles. The first-order valence-electron chi connectivity index (χ1n) is 7.89. The number of guanidine groups is 1. The molecular formula is C18H23N3O. The number of hydrogen-bond donors (Lipinski definition) is 2. The zero-order valence-electron chi connectivity index (χ0n) is 13.0. The van der Waals surface area contributed by atoms with Gasteiger partial charge in [0.25, 0.3) is 0 Å². The van der Waals surface area contributed by atoms with Crippen LogP contribution in [0.25, 0.3) is 10.8 Å². The SMILES string of the molecule is CN=C(NCc1cccc2ccccc12)NCC1CCCO1.